The van der Waals surface area contributed by atoms with Crippen LogP contribution < -0.4 is 5.32 Å². The van der Waals surface area contributed by atoms with Crippen LogP contribution in [0.3, 0.4) is 0 Å². The fourth-order valence-electron chi connectivity index (χ4n) is 4.72. The lowest BCUT2D eigenvalue weighted by Crippen LogP contribution is -2.35. The van der Waals surface area contributed by atoms with E-state index >= 15 is 0 Å². The number of benzene rings is 1. The summed E-state index contributed by atoms with van der Waals surface area (Å²) >= 11 is 14.1. The minimum Gasteiger partial charge on any atom is -0.353 e. The van der Waals surface area contributed by atoms with Gasteiger partial charge in [-0.1, -0.05) is 79.9 Å². The summed E-state index contributed by atoms with van der Waals surface area (Å²) in [6, 6.07) is 6.12. The number of aromatic nitrogens is 3. The van der Waals surface area contributed by atoms with E-state index in [2.05, 4.69) is 20.1 Å². The topological polar surface area (TPSA) is 59.8 Å². The molecule has 2 aliphatic rings. The molecule has 0 bridgehead atoms. The van der Waals surface area contributed by atoms with E-state index in [1.54, 1.807) is 6.07 Å². The third-order valence-corrected chi connectivity index (χ3v) is 7.82. The Bertz CT molecular complexity index is 890. The van der Waals surface area contributed by atoms with Crippen molar-refractivity contribution in [1.29, 1.82) is 0 Å². The molecule has 168 valence electrons. The van der Waals surface area contributed by atoms with Gasteiger partial charge in [-0.3, -0.25) is 9.36 Å². The minimum absolute atomic E-state index is 0.0844. The zero-order chi connectivity index (χ0) is 21.6. The second kappa shape index (κ2) is 11.1. The zero-order valence-corrected chi connectivity index (χ0v) is 20.1. The van der Waals surface area contributed by atoms with Crippen molar-refractivity contribution < 1.29 is 4.79 Å². The normalized spacial score (nSPS) is 18.6. The van der Waals surface area contributed by atoms with Crippen molar-refractivity contribution >= 4 is 40.9 Å². The van der Waals surface area contributed by atoms with E-state index in [0.717, 1.165) is 42.2 Å². The van der Waals surface area contributed by atoms with Crippen molar-refractivity contribution in [3.63, 3.8) is 0 Å². The van der Waals surface area contributed by atoms with Gasteiger partial charge in [0.05, 0.1) is 10.8 Å². The van der Waals surface area contributed by atoms with Gasteiger partial charge in [-0.05, 0) is 43.9 Å². The highest BCUT2D eigenvalue weighted by Crippen LogP contribution is 2.38. The molecule has 4 rings (SSSR count). The number of rotatable bonds is 6. The maximum atomic E-state index is 12.6. The summed E-state index contributed by atoms with van der Waals surface area (Å²) < 4.78 is 2.21. The van der Waals surface area contributed by atoms with Crippen molar-refractivity contribution in [1.82, 2.24) is 20.1 Å². The van der Waals surface area contributed by atoms with Crippen LogP contribution in [-0.2, 0) is 4.79 Å². The number of thioether (sulfide) groups is 1. The molecule has 2 saturated carbocycles. The summed E-state index contributed by atoms with van der Waals surface area (Å²) in [5.74, 6) is 1.21. The lowest BCUT2D eigenvalue weighted by Gasteiger charge is -2.26. The molecule has 0 radical (unpaired) electrons. The molecule has 8 heteroatoms. The fourth-order valence-corrected chi connectivity index (χ4v) is 6.03. The van der Waals surface area contributed by atoms with E-state index in [1.165, 1.54) is 56.7 Å². The van der Waals surface area contributed by atoms with Crippen LogP contribution in [-0.4, -0.2) is 32.5 Å². The van der Waals surface area contributed by atoms with Gasteiger partial charge >= 0.3 is 0 Å². The molecule has 0 saturated heterocycles. The summed E-state index contributed by atoms with van der Waals surface area (Å²) in [7, 11) is 0. The number of hydrogen-bond donors (Lipinski definition) is 1. The van der Waals surface area contributed by atoms with Crippen molar-refractivity contribution in [3.8, 4) is 11.4 Å². The molecule has 2 fully saturated rings. The number of amides is 1. The van der Waals surface area contributed by atoms with Crippen LogP contribution in [0.25, 0.3) is 11.4 Å². The first-order valence-corrected chi connectivity index (χ1v) is 13.2. The second-order valence-electron chi connectivity index (χ2n) is 8.64. The number of nitrogens with zero attached hydrogens (tertiary/aromatic N) is 3. The number of carbonyl (C=O) groups excluding carboxylic acids is 1. The van der Waals surface area contributed by atoms with Gasteiger partial charge in [0.15, 0.2) is 11.0 Å². The maximum absolute atomic E-state index is 12.6. The Morgan fingerprint density at radius 2 is 1.68 bits per heavy atom. The van der Waals surface area contributed by atoms with Crippen LogP contribution in [0.5, 0.6) is 0 Å². The average molecular weight is 481 g/mol. The number of halogens is 2. The molecule has 31 heavy (non-hydrogen) atoms. The third-order valence-electron chi connectivity index (χ3n) is 6.33. The molecule has 0 unspecified atom stereocenters. The first kappa shape index (κ1) is 22.9. The van der Waals surface area contributed by atoms with E-state index in [0.29, 0.717) is 27.9 Å². The van der Waals surface area contributed by atoms with Crippen molar-refractivity contribution in [2.45, 2.75) is 87.9 Å². The predicted octanol–water partition coefficient (Wildman–Crippen LogP) is 6.69. The molecule has 0 atom stereocenters. The molecular weight excluding hydrogens is 451 g/mol. The number of carbonyl (C=O) groups is 1. The Labute approximate surface area is 198 Å². The molecule has 1 N–H and O–H groups in total. The van der Waals surface area contributed by atoms with Gasteiger partial charge in [-0.15, -0.1) is 10.2 Å². The van der Waals surface area contributed by atoms with Gasteiger partial charge in [0.2, 0.25) is 5.91 Å². The molecule has 1 heterocycles. The molecule has 2 aromatic rings. The Balaban J connectivity index is 1.51. The quantitative estimate of drug-likeness (QED) is 0.369. The van der Waals surface area contributed by atoms with Gasteiger partial charge in [0.25, 0.3) is 0 Å². The van der Waals surface area contributed by atoms with Crippen LogP contribution in [0.15, 0.2) is 23.4 Å². The standard InChI is InChI=1S/C23H30Cl2N4OS/c24-16-12-13-19(20(25)14-16)22-27-28-23(29(22)18-10-6-3-7-11-18)31-15-21(30)26-17-8-4-1-2-5-9-17/h12-14,17-18H,1-11,15H2,(H,26,30). The Morgan fingerprint density at radius 3 is 2.39 bits per heavy atom. The summed E-state index contributed by atoms with van der Waals surface area (Å²) in [5, 5.41) is 14.2. The lowest BCUT2D eigenvalue weighted by molar-refractivity contribution is -0.119. The van der Waals surface area contributed by atoms with Gasteiger partial charge < -0.3 is 5.32 Å². The Morgan fingerprint density at radius 1 is 1.00 bits per heavy atom. The first-order valence-electron chi connectivity index (χ1n) is 11.4. The van der Waals surface area contributed by atoms with Crippen LogP contribution in [0.2, 0.25) is 10.0 Å². The molecular formula is C23H30Cl2N4OS. The third kappa shape index (κ3) is 5.96. The Hall–Kier alpha value is -1.24. The van der Waals surface area contributed by atoms with E-state index < -0.39 is 0 Å². The second-order valence-corrected chi connectivity index (χ2v) is 10.4. The largest absolute Gasteiger partial charge is 0.353 e. The Kier molecular flexibility index (Phi) is 8.18. The van der Waals surface area contributed by atoms with Crippen LogP contribution in [0.4, 0.5) is 0 Å². The molecule has 1 amide bonds. The van der Waals surface area contributed by atoms with Gasteiger partial charge in [0, 0.05) is 22.7 Å². The number of nitrogens with one attached hydrogen (secondary N) is 1. The monoisotopic (exact) mass is 480 g/mol. The molecule has 2 aliphatic carbocycles. The molecule has 0 aliphatic heterocycles. The van der Waals surface area contributed by atoms with E-state index in [-0.39, 0.29) is 5.91 Å². The summed E-state index contributed by atoms with van der Waals surface area (Å²) in [4.78, 5) is 12.6. The van der Waals surface area contributed by atoms with Crippen molar-refractivity contribution in [3.05, 3.63) is 28.2 Å². The smallest absolute Gasteiger partial charge is 0.230 e. The molecule has 5 nitrogen and oxygen atoms in total. The summed E-state index contributed by atoms with van der Waals surface area (Å²) in [6.45, 7) is 0. The summed E-state index contributed by atoms with van der Waals surface area (Å²) in [5.41, 5.74) is 0.832. The summed E-state index contributed by atoms with van der Waals surface area (Å²) in [6.07, 6.45) is 13.0. The zero-order valence-electron chi connectivity index (χ0n) is 17.8. The molecule has 1 aromatic carbocycles. The SMILES string of the molecule is O=C(CSc1nnc(-c2ccc(Cl)cc2Cl)n1C1CCCCC1)NC1CCCCCC1. The van der Waals surface area contributed by atoms with E-state index in [4.69, 9.17) is 23.2 Å². The van der Waals surface area contributed by atoms with Gasteiger partial charge in [-0.2, -0.15) is 0 Å². The fraction of sp³-hybridized carbons (Fsp3) is 0.609. The van der Waals surface area contributed by atoms with E-state index in [1.807, 2.05) is 12.1 Å². The predicted molar refractivity (Wildman–Crippen MR) is 128 cm³/mol. The highest BCUT2D eigenvalue weighted by molar-refractivity contribution is 7.99. The first-order chi connectivity index (χ1) is 15.1. The lowest BCUT2D eigenvalue weighted by atomic mass is 9.95. The average Bonchev–Trinajstić information content (AvgIpc) is 3.01. The van der Waals surface area contributed by atoms with Crippen LogP contribution >= 0.6 is 35.0 Å². The highest BCUT2D eigenvalue weighted by Gasteiger charge is 2.25. The van der Waals surface area contributed by atoms with E-state index in [9.17, 15) is 4.79 Å². The highest BCUT2D eigenvalue weighted by atomic mass is 35.5. The van der Waals surface area contributed by atoms with Crippen molar-refractivity contribution in [2.24, 2.45) is 0 Å². The van der Waals surface area contributed by atoms with Gasteiger partial charge in [0.1, 0.15) is 0 Å². The van der Waals surface area contributed by atoms with Crippen molar-refractivity contribution in [2.75, 3.05) is 5.75 Å². The maximum Gasteiger partial charge on any atom is 0.230 e. The number of hydrogen-bond acceptors (Lipinski definition) is 4. The van der Waals surface area contributed by atoms with Gasteiger partial charge in [-0.25, -0.2) is 0 Å². The molecule has 0 spiro atoms. The minimum atomic E-state index is 0.0844. The van der Waals surface area contributed by atoms with Crippen LogP contribution in [0.1, 0.15) is 76.7 Å². The van der Waals surface area contributed by atoms with Crippen LogP contribution in [0, 0.1) is 0 Å². The molecule has 1 aromatic heterocycles.